The summed E-state index contributed by atoms with van der Waals surface area (Å²) in [6, 6.07) is 2.70. The van der Waals surface area contributed by atoms with Crippen LogP contribution in [0.2, 0.25) is 0 Å². The summed E-state index contributed by atoms with van der Waals surface area (Å²) in [7, 11) is 1.84. The number of halogens is 3. The first kappa shape index (κ1) is 13.6. The molecule has 0 aromatic heterocycles. The molecule has 1 nitrogen and oxygen atoms in total. The molecule has 0 bridgehead atoms. The van der Waals surface area contributed by atoms with Crippen molar-refractivity contribution in [1.82, 2.24) is 5.32 Å². The Morgan fingerprint density at radius 3 is 2.62 bits per heavy atom. The highest BCUT2D eigenvalue weighted by Crippen LogP contribution is 2.24. The van der Waals surface area contributed by atoms with Crippen LogP contribution in [0.1, 0.15) is 18.9 Å². The van der Waals surface area contributed by atoms with Gasteiger partial charge in [-0.3, -0.25) is 0 Å². The minimum atomic E-state index is -0.477. The molecular weight excluding hydrogens is 276 g/mol. The third-order valence-electron chi connectivity index (χ3n) is 2.70. The largest absolute Gasteiger partial charge is 0.319 e. The van der Waals surface area contributed by atoms with Crippen LogP contribution in [-0.4, -0.2) is 13.6 Å². The van der Waals surface area contributed by atoms with E-state index in [4.69, 9.17) is 0 Å². The van der Waals surface area contributed by atoms with Gasteiger partial charge in [0.25, 0.3) is 0 Å². The van der Waals surface area contributed by atoms with E-state index in [-0.39, 0.29) is 11.5 Å². The maximum atomic E-state index is 13.7. The molecule has 1 rings (SSSR count). The standard InChI is InChI=1S/C12H16BrF2N/c1-3-8(7-16-2)6-9-11(14)5-4-10(13)12(9)15/h4-5,8,16H,3,6-7H2,1-2H3. The van der Waals surface area contributed by atoms with E-state index in [1.54, 1.807) is 0 Å². The molecule has 1 aromatic rings. The first-order valence-electron chi connectivity index (χ1n) is 5.37. The molecule has 16 heavy (non-hydrogen) atoms. The lowest BCUT2D eigenvalue weighted by atomic mass is 9.96. The van der Waals surface area contributed by atoms with Gasteiger partial charge in [0, 0.05) is 5.56 Å². The van der Waals surface area contributed by atoms with Crippen LogP contribution in [0, 0.1) is 17.6 Å². The highest BCUT2D eigenvalue weighted by molar-refractivity contribution is 9.10. The average Bonchev–Trinajstić information content (AvgIpc) is 2.28. The normalized spacial score (nSPS) is 12.8. The fourth-order valence-corrected chi connectivity index (χ4v) is 2.07. The maximum absolute atomic E-state index is 13.7. The summed E-state index contributed by atoms with van der Waals surface area (Å²) in [5.41, 5.74) is 0.177. The second kappa shape index (κ2) is 6.30. The minimum Gasteiger partial charge on any atom is -0.319 e. The van der Waals surface area contributed by atoms with Crippen molar-refractivity contribution in [3.63, 3.8) is 0 Å². The topological polar surface area (TPSA) is 12.0 Å². The Kier molecular flexibility index (Phi) is 5.35. The second-order valence-electron chi connectivity index (χ2n) is 3.86. The lowest BCUT2D eigenvalue weighted by Crippen LogP contribution is -2.21. The smallest absolute Gasteiger partial charge is 0.143 e. The Bertz CT molecular complexity index is 355. The van der Waals surface area contributed by atoms with Crippen LogP contribution in [0.4, 0.5) is 8.78 Å². The Labute approximate surface area is 103 Å². The van der Waals surface area contributed by atoms with Crippen molar-refractivity contribution < 1.29 is 8.78 Å². The van der Waals surface area contributed by atoms with Crippen LogP contribution >= 0.6 is 15.9 Å². The molecule has 0 saturated heterocycles. The Morgan fingerprint density at radius 1 is 1.38 bits per heavy atom. The zero-order chi connectivity index (χ0) is 12.1. The molecule has 1 aromatic carbocycles. The summed E-state index contributed by atoms with van der Waals surface area (Å²) in [5, 5.41) is 3.04. The number of rotatable bonds is 5. The summed E-state index contributed by atoms with van der Waals surface area (Å²) in [4.78, 5) is 0. The zero-order valence-electron chi connectivity index (χ0n) is 9.49. The van der Waals surface area contributed by atoms with Crippen molar-refractivity contribution in [1.29, 1.82) is 0 Å². The number of nitrogens with one attached hydrogen (secondary N) is 1. The molecule has 0 radical (unpaired) electrons. The first-order valence-corrected chi connectivity index (χ1v) is 6.16. The van der Waals surface area contributed by atoms with Crippen LogP contribution in [0.25, 0.3) is 0 Å². The van der Waals surface area contributed by atoms with Crippen LogP contribution in [0.15, 0.2) is 16.6 Å². The molecule has 0 spiro atoms. The Balaban J connectivity index is 2.90. The van der Waals surface area contributed by atoms with Gasteiger partial charge in [0.05, 0.1) is 4.47 Å². The van der Waals surface area contributed by atoms with Gasteiger partial charge in [0.1, 0.15) is 11.6 Å². The summed E-state index contributed by atoms with van der Waals surface area (Å²) < 4.78 is 27.5. The lowest BCUT2D eigenvalue weighted by Gasteiger charge is -2.15. The van der Waals surface area contributed by atoms with Gasteiger partial charge < -0.3 is 5.32 Å². The maximum Gasteiger partial charge on any atom is 0.143 e. The predicted octanol–water partition coefficient (Wildman–Crippen LogP) is 3.52. The van der Waals surface area contributed by atoms with Crippen molar-refractivity contribution in [2.24, 2.45) is 5.92 Å². The third kappa shape index (κ3) is 3.25. The highest BCUT2D eigenvalue weighted by Gasteiger charge is 2.16. The van der Waals surface area contributed by atoms with Gasteiger partial charge in [-0.1, -0.05) is 13.3 Å². The average molecular weight is 292 g/mol. The van der Waals surface area contributed by atoms with Gasteiger partial charge in [-0.05, 0) is 54.0 Å². The Hall–Kier alpha value is -0.480. The van der Waals surface area contributed by atoms with Crippen molar-refractivity contribution in [2.45, 2.75) is 19.8 Å². The molecule has 4 heteroatoms. The number of hydrogen-bond donors (Lipinski definition) is 1. The molecule has 0 amide bonds. The third-order valence-corrected chi connectivity index (χ3v) is 3.31. The lowest BCUT2D eigenvalue weighted by molar-refractivity contribution is 0.452. The quantitative estimate of drug-likeness (QED) is 0.819. The van der Waals surface area contributed by atoms with Gasteiger partial charge >= 0.3 is 0 Å². The minimum absolute atomic E-state index is 0.177. The molecule has 0 fully saturated rings. The van der Waals surface area contributed by atoms with E-state index in [1.807, 2.05) is 14.0 Å². The van der Waals surface area contributed by atoms with Crippen molar-refractivity contribution in [3.05, 3.63) is 33.8 Å². The molecule has 0 heterocycles. The highest BCUT2D eigenvalue weighted by atomic mass is 79.9. The molecule has 90 valence electrons. The van der Waals surface area contributed by atoms with Gasteiger partial charge in [0.15, 0.2) is 0 Å². The Morgan fingerprint density at radius 2 is 2.06 bits per heavy atom. The summed E-state index contributed by atoms with van der Waals surface area (Å²) >= 11 is 3.07. The molecule has 0 aliphatic heterocycles. The van der Waals surface area contributed by atoms with E-state index in [9.17, 15) is 8.78 Å². The molecule has 0 aliphatic rings. The van der Waals surface area contributed by atoms with Crippen LogP contribution in [0.3, 0.4) is 0 Å². The van der Waals surface area contributed by atoms with Crippen LogP contribution in [-0.2, 0) is 6.42 Å². The fraction of sp³-hybridized carbons (Fsp3) is 0.500. The molecule has 1 N–H and O–H groups in total. The SMILES string of the molecule is CCC(CNC)Cc1c(F)ccc(Br)c1F. The van der Waals surface area contributed by atoms with E-state index in [2.05, 4.69) is 21.2 Å². The number of benzene rings is 1. The summed E-state index contributed by atoms with van der Waals surface area (Å²) in [6.07, 6.45) is 1.32. The van der Waals surface area contributed by atoms with E-state index in [0.29, 0.717) is 10.9 Å². The molecule has 1 unspecified atom stereocenters. The second-order valence-corrected chi connectivity index (χ2v) is 4.71. The van der Waals surface area contributed by atoms with E-state index in [0.717, 1.165) is 13.0 Å². The van der Waals surface area contributed by atoms with E-state index < -0.39 is 11.6 Å². The van der Waals surface area contributed by atoms with Crippen LogP contribution < -0.4 is 5.32 Å². The van der Waals surface area contributed by atoms with Gasteiger partial charge in [0.2, 0.25) is 0 Å². The van der Waals surface area contributed by atoms with Gasteiger partial charge in [-0.2, -0.15) is 0 Å². The van der Waals surface area contributed by atoms with E-state index in [1.165, 1.54) is 12.1 Å². The molecule has 0 aliphatic carbocycles. The molecular formula is C12H16BrF2N. The monoisotopic (exact) mass is 291 g/mol. The molecule has 1 atom stereocenters. The van der Waals surface area contributed by atoms with E-state index >= 15 is 0 Å². The predicted molar refractivity (Wildman–Crippen MR) is 65.5 cm³/mol. The summed E-state index contributed by atoms with van der Waals surface area (Å²) in [6.45, 7) is 2.79. The van der Waals surface area contributed by atoms with Crippen LogP contribution in [0.5, 0.6) is 0 Å². The van der Waals surface area contributed by atoms with Crippen molar-refractivity contribution >= 4 is 15.9 Å². The van der Waals surface area contributed by atoms with Crippen molar-refractivity contribution in [3.8, 4) is 0 Å². The zero-order valence-corrected chi connectivity index (χ0v) is 11.1. The molecule has 0 saturated carbocycles. The van der Waals surface area contributed by atoms with Gasteiger partial charge in [-0.15, -0.1) is 0 Å². The fourth-order valence-electron chi connectivity index (χ4n) is 1.69. The van der Waals surface area contributed by atoms with Gasteiger partial charge in [-0.25, -0.2) is 8.78 Å². The van der Waals surface area contributed by atoms with Crippen molar-refractivity contribution in [2.75, 3.05) is 13.6 Å². The summed E-state index contributed by atoms with van der Waals surface area (Å²) in [5.74, 6) is -0.687. The number of hydrogen-bond acceptors (Lipinski definition) is 1. The first-order chi connectivity index (χ1) is 7.60.